The van der Waals surface area contributed by atoms with Gasteiger partial charge in [-0.1, -0.05) is 36.8 Å². The van der Waals surface area contributed by atoms with Gasteiger partial charge in [0, 0.05) is 19.1 Å². The van der Waals surface area contributed by atoms with Gasteiger partial charge < -0.3 is 10.2 Å². The zero-order valence-corrected chi connectivity index (χ0v) is 12.0. The number of benzene rings is 1. The smallest absolute Gasteiger partial charge is 0.227 e. The first-order valence-electron chi connectivity index (χ1n) is 7.26. The summed E-state index contributed by atoms with van der Waals surface area (Å²) < 4.78 is 0. The molecule has 19 heavy (non-hydrogen) atoms. The maximum Gasteiger partial charge on any atom is 0.227 e. The van der Waals surface area contributed by atoms with Crippen molar-refractivity contribution < 1.29 is 4.79 Å². The molecular weight excluding hydrogens is 236 g/mol. The molecule has 0 aromatic heterocycles. The Morgan fingerprint density at radius 3 is 2.68 bits per heavy atom. The summed E-state index contributed by atoms with van der Waals surface area (Å²) in [6.07, 6.45) is 2.63. The summed E-state index contributed by atoms with van der Waals surface area (Å²) >= 11 is 0. The van der Waals surface area contributed by atoms with Gasteiger partial charge in [-0.05, 0) is 31.9 Å². The molecule has 1 amide bonds. The summed E-state index contributed by atoms with van der Waals surface area (Å²) in [5, 5.41) is 3.34. The van der Waals surface area contributed by atoms with Gasteiger partial charge in [0.05, 0.1) is 6.42 Å². The van der Waals surface area contributed by atoms with Crippen LogP contribution >= 0.6 is 0 Å². The van der Waals surface area contributed by atoms with Crippen LogP contribution in [-0.2, 0) is 11.2 Å². The van der Waals surface area contributed by atoms with Crippen LogP contribution in [0.2, 0.25) is 0 Å². The van der Waals surface area contributed by atoms with E-state index < -0.39 is 0 Å². The van der Waals surface area contributed by atoms with Crippen LogP contribution in [0.4, 0.5) is 0 Å². The molecule has 1 heterocycles. The van der Waals surface area contributed by atoms with Gasteiger partial charge >= 0.3 is 0 Å². The van der Waals surface area contributed by atoms with E-state index in [2.05, 4.69) is 48.3 Å². The van der Waals surface area contributed by atoms with Crippen LogP contribution < -0.4 is 5.32 Å². The number of carbonyl (C=O) groups is 1. The second-order valence-corrected chi connectivity index (χ2v) is 5.40. The van der Waals surface area contributed by atoms with Crippen LogP contribution in [0, 0.1) is 6.92 Å². The zero-order valence-electron chi connectivity index (χ0n) is 12.0. The number of nitrogens with one attached hydrogen (secondary N) is 1. The lowest BCUT2D eigenvalue weighted by Crippen LogP contribution is -2.42. The molecule has 1 aliphatic heterocycles. The molecule has 0 bridgehead atoms. The number of carbonyl (C=O) groups excluding carboxylic acids is 1. The van der Waals surface area contributed by atoms with Crippen molar-refractivity contribution in [3.8, 4) is 0 Å². The summed E-state index contributed by atoms with van der Waals surface area (Å²) in [4.78, 5) is 14.5. The van der Waals surface area contributed by atoms with Gasteiger partial charge in [0.1, 0.15) is 0 Å². The SMILES string of the molecule is CCCN(C(=O)Cc1ccc(C)cc1)C1CCNC1. The molecule has 0 spiro atoms. The fourth-order valence-electron chi connectivity index (χ4n) is 2.64. The van der Waals surface area contributed by atoms with Crippen LogP contribution in [0.3, 0.4) is 0 Å². The first kappa shape index (κ1) is 14.1. The molecule has 2 rings (SSSR count). The third-order valence-corrected chi connectivity index (χ3v) is 3.74. The van der Waals surface area contributed by atoms with Gasteiger partial charge in [0.2, 0.25) is 5.91 Å². The molecule has 0 radical (unpaired) electrons. The van der Waals surface area contributed by atoms with E-state index in [1.807, 2.05) is 0 Å². The highest BCUT2D eigenvalue weighted by Crippen LogP contribution is 2.13. The van der Waals surface area contributed by atoms with Gasteiger partial charge in [0.15, 0.2) is 0 Å². The van der Waals surface area contributed by atoms with E-state index in [1.165, 1.54) is 5.56 Å². The normalized spacial score (nSPS) is 18.5. The van der Waals surface area contributed by atoms with Gasteiger partial charge in [-0.2, -0.15) is 0 Å². The number of hydrogen-bond donors (Lipinski definition) is 1. The van der Waals surface area contributed by atoms with Crippen molar-refractivity contribution in [1.82, 2.24) is 10.2 Å². The van der Waals surface area contributed by atoms with Crippen LogP contribution in [0.5, 0.6) is 0 Å². The summed E-state index contributed by atoms with van der Waals surface area (Å²) in [6, 6.07) is 8.65. The lowest BCUT2D eigenvalue weighted by atomic mass is 10.1. The molecule has 1 saturated heterocycles. The molecule has 1 atom stereocenters. The lowest BCUT2D eigenvalue weighted by molar-refractivity contribution is -0.132. The van der Waals surface area contributed by atoms with E-state index >= 15 is 0 Å². The Kier molecular flexibility index (Phi) is 4.97. The van der Waals surface area contributed by atoms with E-state index in [0.717, 1.165) is 38.0 Å². The number of amides is 1. The van der Waals surface area contributed by atoms with Crippen molar-refractivity contribution in [2.24, 2.45) is 0 Å². The van der Waals surface area contributed by atoms with Gasteiger partial charge in [-0.25, -0.2) is 0 Å². The standard InChI is InChI=1S/C16H24N2O/c1-3-10-18(15-8-9-17-12-15)16(19)11-14-6-4-13(2)5-7-14/h4-7,15,17H,3,8-12H2,1-2H3. The van der Waals surface area contributed by atoms with E-state index in [4.69, 9.17) is 0 Å². The average Bonchev–Trinajstić information content (AvgIpc) is 2.92. The second-order valence-electron chi connectivity index (χ2n) is 5.40. The summed E-state index contributed by atoms with van der Waals surface area (Å²) in [6.45, 7) is 7.05. The average molecular weight is 260 g/mol. The molecule has 3 nitrogen and oxygen atoms in total. The van der Waals surface area contributed by atoms with Crippen LogP contribution in [-0.4, -0.2) is 36.5 Å². The third kappa shape index (κ3) is 3.80. The van der Waals surface area contributed by atoms with Gasteiger partial charge in [-0.3, -0.25) is 4.79 Å². The highest BCUT2D eigenvalue weighted by molar-refractivity contribution is 5.79. The van der Waals surface area contributed by atoms with E-state index in [-0.39, 0.29) is 5.91 Å². The highest BCUT2D eigenvalue weighted by atomic mass is 16.2. The Hall–Kier alpha value is -1.35. The summed E-state index contributed by atoms with van der Waals surface area (Å²) in [5.74, 6) is 0.263. The fourth-order valence-corrected chi connectivity index (χ4v) is 2.64. The van der Waals surface area contributed by atoms with Crippen molar-refractivity contribution in [2.45, 2.75) is 39.2 Å². The Morgan fingerprint density at radius 1 is 1.37 bits per heavy atom. The molecule has 0 aliphatic carbocycles. The first-order valence-corrected chi connectivity index (χ1v) is 7.26. The monoisotopic (exact) mass is 260 g/mol. The molecular formula is C16H24N2O. The zero-order chi connectivity index (χ0) is 13.7. The van der Waals surface area contributed by atoms with Crippen molar-refractivity contribution in [2.75, 3.05) is 19.6 Å². The molecule has 1 fully saturated rings. The summed E-state index contributed by atoms with van der Waals surface area (Å²) in [7, 11) is 0. The maximum absolute atomic E-state index is 12.5. The molecule has 1 aromatic rings. The summed E-state index contributed by atoms with van der Waals surface area (Å²) in [5.41, 5.74) is 2.35. The number of aryl methyl sites for hydroxylation is 1. The highest BCUT2D eigenvalue weighted by Gasteiger charge is 2.25. The topological polar surface area (TPSA) is 32.3 Å². The molecule has 1 aromatic carbocycles. The van der Waals surface area contributed by atoms with Crippen LogP contribution in [0.25, 0.3) is 0 Å². The molecule has 1 N–H and O–H groups in total. The lowest BCUT2D eigenvalue weighted by Gasteiger charge is -2.28. The molecule has 1 unspecified atom stereocenters. The number of nitrogens with zero attached hydrogens (tertiary/aromatic N) is 1. The Labute approximate surface area is 116 Å². The van der Waals surface area contributed by atoms with Crippen LogP contribution in [0.15, 0.2) is 24.3 Å². The number of hydrogen-bond acceptors (Lipinski definition) is 2. The van der Waals surface area contributed by atoms with Crippen molar-refractivity contribution in [3.63, 3.8) is 0 Å². The Balaban J connectivity index is 2.00. The van der Waals surface area contributed by atoms with E-state index in [0.29, 0.717) is 12.5 Å². The molecule has 1 aliphatic rings. The fraction of sp³-hybridized carbons (Fsp3) is 0.562. The molecule has 104 valence electrons. The van der Waals surface area contributed by atoms with Crippen LogP contribution in [0.1, 0.15) is 30.9 Å². The molecule has 3 heteroatoms. The predicted molar refractivity (Wildman–Crippen MR) is 78.2 cm³/mol. The van der Waals surface area contributed by atoms with Crippen molar-refractivity contribution >= 4 is 5.91 Å². The second kappa shape index (κ2) is 6.71. The minimum atomic E-state index is 0.263. The van der Waals surface area contributed by atoms with Crippen molar-refractivity contribution in [3.05, 3.63) is 35.4 Å². The number of rotatable bonds is 5. The minimum absolute atomic E-state index is 0.263. The third-order valence-electron chi connectivity index (χ3n) is 3.74. The first-order chi connectivity index (χ1) is 9.20. The quantitative estimate of drug-likeness (QED) is 0.879. The Morgan fingerprint density at radius 2 is 2.11 bits per heavy atom. The van der Waals surface area contributed by atoms with Gasteiger partial charge in [0.25, 0.3) is 0 Å². The maximum atomic E-state index is 12.5. The van der Waals surface area contributed by atoms with E-state index in [1.54, 1.807) is 0 Å². The van der Waals surface area contributed by atoms with Gasteiger partial charge in [-0.15, -0.1) is 0 Å². The predicted octanol–water partition coefficient (Wildman–Crippen LogP) is 2.14. The van der Waals surface area contributed by atoms with Crippen molar-refractivity contribution in [1.29, 1.82) is 0 Å². The molecule has 0 saturated carbocycles. The largest absolute Gasteiger partial charge is 0.338 e. The van der Waals surface area contributed by atoms with E-state index in [9.17, 15) is 4.79 Å². The minimum Gasteiger partial charge on any atom is -0.338 e. The Bertz CT molecular complexity index is 407.